The number of aromatic nitrogens is 1. The van der Waals surface area contributed by atoms with Crippen molar-refractivity contribution in [3.8, 4) is 0 Å². The molecule has 3 aromatic rings. The van der Waals surface area contributed by atoms with Gasteiger partial charge in [0.2, 0.25) is 11.8 Å². The van der Waals surface area contributed by atoms with Crippen LogP contribution in [-0.4, -0.2) is 28.7 Å². The number of hydrogen-bond donors (Lipinski definition) is 4. The second-order valence-electron chi connectivity index (χ2n) is 8.32. The summed E-state index contributed by atoms with van der Waals surface area (Å²) in [5.74, 6) is -0.787. The van der Waals surface area contributed by atoms with Gasteiger partial charge in [-0.3, -0.25) is 14.4 Å². The molecule has 32 heavy (non-hydrogen) atoms. The van der Waals surface area contributed by atoms with E-state index in [4.69, 9.17) is 11.6 Å². The minimum Gasteiger partial charge on any atom is -0.356 e. The number of H-pyrrole nitrogens is 1. The van der Waals surface area contributed by atoms with Crippen LogP contribution in [0.2, 0.25) is 5.02 Å². The number of amides is 3. The summed E-state index contributed by atoms with van der Waals surface area (Å²) < 4.78 is 0. The Bertz CT molecular complexity index is 1240. The Morgan fingerprint density at radius 3 is 2.88 bits per heavy atom. The molecule has 2 aliphatic rings. The first kappa shape index (κ1) is 20.6. The first-order valence-corrected chi connectivity index (χ1v) is 11.2. The van der Waals surface area contributed by atoms with Crippen molar-refractivity contribution in [3.05, 3.63) is 64.3 Å². The molecule has 1 aromatic heterocycles. The van der Waals surface area contributed by atoms with Crippen LogP contribution in [0.5, 0.6) is 0 Å². The number of halogens is 1. The van der Waals surface area contributed by atoms with Crippen molar-refractivity contribution in [2.75, 3.05) is 5.32 Å². The molecule has 4 N–H and O–H groups in total. The molecule has 8 heteroatoms. The van der Waals surface area contributed by atoms with Gasteiger partial charge in [0, 0.05) is 28.0 Å². The van der Waals surface area contributed by atoms with E-state index in [0.717, 1.165) is 35.9 Å². The van der Waals surface area contributed by atoms with Crippen LogP contribution in [0.25, 0.3) is 10.9 Å². The highest BCUT2D eigenvalue weighted by molar-refractivity contribution is 6.31. The van der Waals surface area contributed by atoms with Crippen LogP contribution in [0.1, 0.15) is 53.3 Å². The number of anilines is 1. The van der Waals surface area contributed by atoms with Crippen molar-refractivity contribution in [1.29, 1.82) is 0 Å². The number of carbonyl (C=O) groups is 3. The van der Waals surface area contributed by atoms with Crippen LogP contribution in [-0.2, 0) is 16.0 Å². The summed E-state index contributed by atoms with van der Waals surface area (Å²) >= 11 is 6.17. The van der Waals surface area contributed by atoms with E-state index in [1.165, 1.54) is 5.56 Å². The van der Waals surface area contributed by atoms with E-state index >= 15 is 0 Å². The van der Waals surface area contributed by atoms with Gasteiger partial charge in [-0.15, -0.1) is 0 Å². The fourth-order valence-electron chi connectivity index (χ4n) is 4.64. The Morgan fingerprint density at radius 2 is 2.00 bits per heavy atom. The van der Waals surface area contributed by atoms with E-state index < -0.39 is 6.04 Å². The van der Waals surface area contributed by atoms with Crippen molar-refractivity contribution in [2.24, 2.45) is 0 Å². The molecule has 0 fully saturated rings. The van der Waals surface area contributed by atoms with Crippen LogP contribution in [0.4, 0.5) is 5.69 Å². The molecular formula is C24H23ClN4O3. The van der Waals surface area contributed by atoms with Gasteiger partial charge in [0.15, 0.2) is 0 Å². The second-order valence-corrected chi connectivity index (χ2v) is 8.76. The number of para-hydroxylation sites is 1. The van der Waals surface area contributed by atoms with Gasteiger partial charge in [0.1, 0.15) is 6.04 Å². The molecule has 2 aromatic carbocycles. The largest absolute Gasteiger partial charge is 0.356 e. The zero-order valence-electron chi connectivity index (χ0n) is 17.3. The van der Waals surface area contributed by atoms with Gasteiger partial charge in [-0.25, -0.2) is 0 Å². The molecule has 0 radical (unpaired) electrons. The van der Waals surface area contributed by atoms with E-state index in [0.29, 0.717) is 16.3 Å². The smallest absolute Gasteiger partial charge is 0.254 e. The van der Waals surface area contributed by atoms with Gasteiger partial charge in [-0.05, 0) is 61.6 Å². The maximum Gasteiger partial charge on any atom is 0.254 e. The quantitative estimate of drug-likeness (QED) is 0.485. The number of aromatic amines is 1. The van der Waals surface area contributed by atoms with Gasteiger partial charge >= 0.3 is 0 Å². The molecule has 1 aliphatic carbocycles. The van der Waals surface area contributed by atoms with E-state index in [9.17, 15) is 14.4 Å². The van der Waals surface area contributed by atoms with E-state index in [1.807, 2.05) is 18.2 Å². The van der Waals surface area contributed by atoms with Crippen molar-refractivity contribution in [1.82, 2.24) is 15.6 Å². The van der Waals surface area contributed by atoms with Gasteiger partial charge in [0.25, 0.3) is 5.91 Å². The SMILES string of the molecule is O=C(CC[C@@H]1NC(=O)c2ccccc2NC1=O)N[C@H]1CCCc2c1[nH]c1ccc(Cl)cc21. The fraction of sp³-hybridized carbons (Fsp3) is 0.292. The molecule has 0 spiro atoms. The molecule has 5 rings (SSSR count). The highest BCUT2D eigenvalue weighted by atomic mass is 35.5. The molecule has 164 valence electrons. The summed E-state index contributed by atoms with van der Waals surface area (Å²) in [4.78, 5) is 41.2. The molecule has 0 saturated carbocycles. The zero-order valence-corrected chi connectivity index (χ0v) is 18.1. The molecule has 0 bridgehead atoms. The summed E-state index contributed by atoms with van der Waals surface area (Å²) in [7, 11) is 0. The summed E-state index contributed by atoms with van der Waals surface area (Å²) in [5, 5.41) is 10.4. The van der Waals surface area contributed by atoms with E-state index in [-0.39, 0.29) is 36.6 Å². The van der Waals surface area contributed by atoms with Crippen LogP contribution in [0.15, 0.2) is 42.5 Å². The maximum atomic E-state index is 12.7. The topological polar surface area (TPSA) is 103 Å². The third-order valence-electron chi connectivity index (χ3n) is 6.22. The number of hydrogen-bond acceptors (Lipinski definition) is 3. The lowest BCUT2D eigenvalue weighted by Crippen LogP contribution is -2.42. The van der Waals surface area contributed by atoms with Crippen molar-refractivity contribution in [2.45, 2.75) is 44.2 Å². The van der Waals surface area contributed by atoms with Crippen molar-refractivity contribution < 1.29 is 14.4 Å². The molecular weight excluding hydrogens is 428 g/mol. The average molecular weight is 451 g/mol. The normalized spacial score (nSPS) is 20.0. The lowest BCUT2D eigenvalue weighted by molar-refractivity contribution is -0.122. The monoisotopic (exact) mass is 450 g/mol. The van der Waals surface area contributed by atoms with E-state index in [2.05, 4.69) is 20.9 Å². The second kappa shape index (κ2) is 8.31. The number of nitrogens with one attached hydrogen (secondary N) is 4. The number of rotatable bonds is 4. The molecule has 1 aliphatic heterocycles. The third-order valence-corrected chi connectivity index (χ3v) is 6.45. The number of fused-ring (bicyclic) bond motifs is 4. The Labute approximate surface area is 189 Å². The molecule has 2 atom stereocenters. The summed E-state index contributed by atoms with van der Waals surface area (Å²) in [6, 6.07) is 11.7. The molecule has 7 nitrogen and oxygen atoms in total. The minimum absolute atomic E-state index is 0.112. The predicted molar refractivity (Wildman–Crippen MR) is 123 cm³/mol. The molecule has 0 saturated heterocycles. The highest BCUT2D eigenvalue weighted by Crippen LogP contribution is 2.35. The van der Waals surface area contributed by atoms with Gasteiger partial charge < -0.3 is 20.9 Å². The van der Waals surface area contributed by atoms with Crippen LogP contribution in [0.3, 0.4) is 0 Å². The highest BCUT2D eigenvalue weighted by Gasteiger charge is 2.29. The number of carbonyl (C=O) groups excluding carboxylic acids is 3. The van der Waals surface area contributed by atoms with Gasteiger partial charge in [-0.2, -0.15) is 0 Å². The van der Waals surface area contributed by atoms with Crippen LogP contribution < -0.4 is 16.0 Å². The minimum atomic E-state index is -0.766. The van der Waals surface area contributed by atoms with Crippen LogP contribution in [0, 0.1) is 0 Å². The molecule has 2 heterocycles. The Hall–Kier alpha value is -3.32. The standard InChI is InChI=1S/C24H23ClN4O3/c25-13-8-9-18-16(12-13)14-5-3-7-19(22(14)27-18)26-21(30)11-10-20-24(32)28-17-6-2-1-4-15(17)23(31)29-20/h1-2,4,6,8-9,12,19-20,27H,3,5,7,10-11H2,(H,26,30)(H,28,32)(H,29,31)/t19-,20-/m0/s1. The van der Waals surface area contributed by atoms with Gasteiger partial charge in [0.05, 0.1) is 17.3 Å². The average Bonchev–Trinajstić information content (AvgIpc) is 3.10. The summed E-state index contributed by atoms with van der Waals surface area (Å²) in [6.45, 7) is 0. The molecule has 0 unspecified atom stereocenters. The zero-order chi connectivity index (χ0) is 22.2. The fourth-order valence-corrected chi connectivity index (χ4v) is 4.81. The lowest BCUT2D eigenvalue weighted by Gasteiger charge is -2.24. The predicted octanol–water partition coefficient (Wildman–Crippen LogP) is 3.85. The first-order chi connectivity index (χ1) is 15.5. The van der Waals surface area contributed by atoms with Crippen molar-refractivity contribution in [3.63, 3.8) is 0 Å². The molecule has 3 amide bonds. The Morgan fingerprint density at radius 1 is 1.16 bits per heavy atom. The van der Waals surface area contributed by atoms with Crippen LogP contribution >= 0.6 is 11.6 Å². The summed E-state index contributed by atoms with van der Waals surface area (Å²) in [6.07, 6.45) is 3.11. The maximum absolute atomic E-state index is 12.7. The lowest BCUT2D eigenvalue weighted by atomic mass is 9.91. The van der Waals surface area contributed by atoms with Gasteiger partial charge in [-0.1, -0.05) is 23.7 Å². The first-order valence-electron chi connectivity index (χ1n) is 10.8. The van der Waals surface area contributed by atoms with Crippen molar-refractivity contribution >= 4 is 45.9 Å². The summed E-state index contributed by atoms with van der Waals surface area (Å²) in [5.41, 5.74) is 4.14. The number of benzene rings is 2. The Kier molecular flexibility index (Phi) is 5.35. The Balaban J connectivity index is 1.25. The third kappa shape index (κ3) is 3.84. The van der Waals surface area contributed by atoms with E-state index in [1.54, 1.807) is 24.3 Å². The number of aryl methyl sites for hydroxylation is 1.